The molecular formula is C17H14F2N2OS. The molecule has 0 radical (unpaired) electrons. The molecule has 2 heterocycles. The third-order valence-corrected chi connectivity index (χ3v) is 6.77. The summed E-state index contributed by atoms with van der Waals surface area (Å²) in [6.45, 7) is 0.571. The van der Waals surface area contributed by atoms with E-state index in [0.717, 1.165) is 34.0 Å². The Morgan fingerprint density at radius 1 is 1.13 bits per heavy atom. The lowest BCUT2D eigenvalue weighted by atomic mass is 10.2. The number of rotatable bonds is 1. The third-order valence-electron chi connectivity index (χ3n) is 4.12. The van der Waals surface area contributed by atoms with Gasteiger partial charge in [0.25, 0.3) is 0 Å². The van der Waals surface area contributed by atoms with Crippen LogP contribution in [-0.4, -0.2) is 15.3 Å². The van der Waals surface area contributed by atoms with Crippen molar-refractivity contribution < 1.29 is 8.78 Å². The Balaban J connectivity index is 2.01. The fourth-order valence-electron chi connectivity index (χ4n) is 3.12. The normalized spacial score (nSPS) is 18.8. The van der Waals surface area contributed by atoms with Gasteiger partial charge in [0.15, 0.2) is 0 Å². The van der Waals surface area contributed by atoms with Crippen molar-refractivity contribution in [1.82, 2.24) is 9.55 Å². The predicted octanol–water partition coefficient (Wildman–Crippen LogP) is 3.50. The zero-order valence-corrected chi connectivity index (χ0v) is 13.1. The monoisotopic (exact) mass is 332 g/mol. The van der Waals surface area contributed by atoms with E-state index in [4.69, 9.17) is 0 Å². The highest BCUT2D eigenvalue weighted by Gasteiger charge is 2.22. The van der Waals surface area contributed by atoms with Gasteiger partial charge in [0.05, 0.1) is 5.52 Å². The summed E-state index contributed by atoms with van der Waals surface area (Å²) in [6.07, 6.45) is 2.33. The van der Waals surface area contributed by atoms with Crippen LogP contribution in [0.2, 0.25) is 0 Å². The SMILES string of the molecule is O=c1ncc2cccc3c2n1CCC[SH]3c1ccc(F)cc1F. The molecule has 1 aromatic heterocycles. The van der Waals surface area contributed by atoms with Crippen LogP contribution in [0.25, 0.3) is 10.9 Å². The summed E-state index contributed by atoms with van der Waals surface area (Å²) < 4.78 is 29.2. The molecule has 0 fully saturated rings. The lowest BCUT2D eigenvalue weighted by Crippen LogP contribution is -2.22. The van der Waals surface area contributed by atoms with Gasteiger partial charge in [-0.1, -0.05) is 12.1 Å². The maximum absolute atomic E-state index is 14.3. The molecule has 118 valence electrons. The standard InChI is InChI=1S/C17H14F2N2OS/c18-12-5-6-14(13(19)9-12)23-8-2-7-21-16-11(10-20-17(21)22)3-1-4-15(16)23/h1,3-6,9-10,23H,2,7-8H2. The molecule has 1 aliphatic rings. The van der Waals surface area contributed by atoms with Gasteiger partial charge in [-0.25, -0.2) is 18.6 Å². The minimum Gasteiger partial charge on any atom is -0.291 e. The fourth-order valence-corrected chi connectivity index (χ4v) is 5.67. The molecule has 6 heteroatoms. The average Bonchev–Trinajstić information content (AvgIpc) is 2.73. The van der Waals surface area contributed by atoms with Crippen LogP contribution in [-0.2, 0) is 6.54 Å². The Morgan fingerprint density at radius 3 is 2.83 bits per heavy atom. The Hall–Kier alpha value is -2.21. The second-order valence-electron chi connectivity index (χ2n) is 5.51. The maximum atomic E-state index is 14.3. The van der Waals surface area contributed by atoms with Gasteiger partial charge < -0.3 is 0 Å². The van der Waals surface area contributed by atoms with Crippen LogP contribution >= 0.6 is 10.9 Å². The van der Waals surface area contributed by atoms with E-state index in [0.29, 0.717) is 11.4 Å². The van der Waals surface area contributed by atoms with Crippen LogP contribution in [0.1, 0.15) is 6.42 Å². The van der Waals surface area contributed by atoms with Crippen molar-refractivity contribution in [2.24, 2.45) is 0 Å². The number of thiol groups is 1. The molecule has 0 spiro atoms. The topological polar surface area (TPSA) is 34.9 Å². The number of aromatic nitrogens is 2. The third kappa shape index (κ3) is 2.34. The molecule has 0 bridgehead atoms. The van der Waals surface area contributed by atoms with Gasteiger partial charge in [-0.05, 0) is 30.4 Å². The molecule has 0 saturated carbocycles. The first-order valence-corrected chi connectivity index (χ1v) is 8.89. The number of hydrogen-bond acceptors (Lipinski definition) is 2. The van der Waals surface area contributed by atoms with Gasteiger partial charge in [0.1, 0.15) is 11.6 Å². The number of para-hydroxylation sites is 1. The Bertz CT molecular complexity index is 970. The van der Waals surface area contributed by atoms with E-state index in [9.17, 15) is 13.6 Å². The van der Waals surface area contributed by atoms with Crippen molar-refractivity contribution in [1.29, 1.82) is 0 Å². The van der Waals surface area contributed by atoms with E-state index in [1.807, 2.05) is 18.2 Å². The Labute approximate surface area is 133 Å². The highest BCUT2D eigenvalue weighted by atomic mass is 32.2. The number of aryl methyl sites for hydroxylation is 1. The zero-order valence-electron chi connectivity index (χ0n) is 12.2. The molecule has 1 aliphatic heterocycles. The summed E-state index contributed by atoms with van der Waals surface area (Å²) in [7, 11) is -0.973. The lowest BCUT2D eigenvalue weighted by molar-refractivity contribution is 0.565. The number of hydrogen-bond donors (Lipinski definition) is 1. The van der Waals surface area contributed by atoms with Crippen molar-refractivity contribution in [3.05, 3.63) is 64.7 Å². The quantitative estimate of drug-likeness (QED) is 0.692. The van der Waals surface area contributed by atoms with Crippen molar-refractivity contribution >= 4 is 21.8 Å². The highest BCUT2D eigenvalue weighted by molar-refractivity contribution is 8.17. The molecule has 0 saturated heterocycles. The molecule has 4 rings (SSSR count). The van der Waals surface area contributed by atoms with E-state index in [1.165, 1.54) is 12.1 Å². The van der Waals surface area contributed by atoms with Gasteiger partial charge >= 0.3 is 5.69 Å². The van der Waals surface area contributed by atoms with Crippen molar-refractivity contribution in [3.8, 4) is 0 Å². The Kier molecular flexibility index (Phi) is 3.41. The second-order valence-corrected chi connectivity index (χ2v) is 7.78. The van der Waals surface area contributed by atoms with Crippen LogP contribution in [0.15, 0.2) is 57.2 Å². The zero-order chi connectivity index (χ0) is 16.0. The lowest BCUT2D eigenvalue weighted by Gasteiger charge is -2.22. The molecule has 0 N–H and O–H groups in total. The summed E-state index contributed by atoms with van der Waals surface area (Å²) in [5.41, 5.74) is 0.557. The Morgan fingerprint density at radius 2 is 2.00 bits per heavy atom. The summed E-state index contributed by atoms with van der Waals surface area (Å²) in [5.74, 6) is -0.328. The first-order chi connectivity index (χ1) is 11.1. The van der Waals surface area contributed by atoms with Crippen LogP contribution in [0, 0.1) is 11.6 Å². The first kappa shape index (κ1) is 14.4. The largest absolute Gasteiger partial charge is 0.348 e. The van der Waals surface area contributed by atoms with Gasteiger partial charge in [-0.3, -0.25) is 4.57 Å². The van der Waals surface area contributed by atoms with Crippen molar-refractivity contribution in [3.63, 3.8) is 0 Å². The van der Waals surface area contributed by atoms with Gasteiger partial charge in [0.2, 0.25) is 0 Å². The van der Waals surface area contributed by atoms with E-state index in [-0.39, 0.29) is 5.69 Å². The van der Waals surface area contributed by atoms with Crippen LogP contribution in [0.4, 0.5) is 8.78 Å². The fraction of sp³-hybridized carbons (Fsp3) is 0.176. The molecule has 3 nitrogen and oxygen atoms in total. The number of halogens is 2. The van der Waals surface area contributed by atoms with E-state index in [1.54, 1.807) is 10.8 Å². The average molecular weight is 332 g/mol. The molecule has 0 amide bonds. The van der Waals surface area contributed by atoms with E-state index >= 15 is 0 Å². The number of nitrogens with zero attached hydrogens (tertiary/aromatic N) is 2. The van der Waals surface area contributed by atoms with Gasteiger partial charge in [-0.15, -0.1) is 0 Å². The molecule has 23 heavy (non-hydrogen) atoms. The molecular weight excluding hydrogens is 318 g/mol. The van der Waals surface area contributed by atoms with Gasteiger partial charge in [-0.2, -0.15) is 10.9 Å². The smallest absolute Gasteiger partial charge is 0.291 e. The minimum atomic E-state index is -0.973. The minimum absolute atomic E-state index is 0.277. The predicted molar refractivity (Wildman–Crippen MR) is 87.4 cm³/mol. The summed E-state index contributed by atoms with van der Waals surface area (Å²) in [4.78, 5) is 17.5. The summed E-state index contributed by atoms with van der Waals surface area (Å²) in [5, 5.41) is 0.874. The molecule has 1 atom stereocenters. The number of benzene rings is 2. The molecule has 2 aromatic carbocycles. The van der Waals surface area contributed by atoms with E-state index in [2.05, 4.69) is 4.98 Å². The summed E-state index contributed by atoms with van der Waals surface area (Å²) >= 11 is 0. The summed E-state index contributed by atoms with van der Waals surface area (Å²) in [6, 6.07) is 9.51. The molecule has 1 unspecified atom stereocenters. The van der Waals surface area contributed by atoms with Gasteiger partial charge in [0, 0.05) is 34.0 Å². The van der Waals surface area contributed by atoms with Crippen LogP contribution in [0.5, 0.6) is 0 Å². The van der Waals surface area contributed by atoms with Crippen LogP contribution in [0.3, 0.4) is 0 Å². The highest BCUT2D eigenvalue weighted by Crippen LogP contribution is 2.49. The first-order valence-electron chi connectivity index (χ1n) is 7.36. The van der Waals surface area contributed by atoms with Crippen molar-refractivity contribution in [2.75, 3.05) is 5.75 Å². The maximum Gasteiger partial charge on any atom is 0.348 e. The molecule has 3 aromatic rings. The second kappa shape index (κ2) is 5.45. The molecule has 0 aliphatic carbocycles. The van der Waals surface area contributed by atoms with Crippen molar-refractivity contribution in [2.45, 2.75) is 22.8 Å². The van der Waals surface area contributed by atoms with E-state index < -0.39 is 22.5 Å². The van der Waals surface area contributed by atoms with Crippen LogP contribution < -0.4 is 5.69 Å².